The molecule has 5 heteroatoms. The van der Waals surface area contributed by atoms with Crippen LogP contribution in [0.15, 0.2) is 22.8 Å². The van der Waals surface area contributed by atoms with Crippen LogP contribution < -0.4 is 5.32 Å². The molecule has 102 valence electrons. The molecule has 1 aliphatic heterocycles. The first kappa shape index (κ1) is 12.4. The highest BCUT2D eigenvalue weighted by atomic mass is 16.3. The number of aromatic nitrogens is 2. The van der Waals surface area contributed by atoms with E-state index in [0.29, 0.717) is 6.04 Å². The number of furan rings is 1. The first-order chi connectivity index (χ1) is 9.22. The maximum Gasteiger partial charge on any atom is 0.154 e. The fourth-order valence-electron chi connectivity index (χ4n) is 2.63. The summed E-state index contributed by atoms with van der Waals surface area (Å²) in [5, 5.41) is 3.54. The van der Waals surface area contributed by atoms with Crippen LogP contribution >= 0.6 is 0 Å². The second kappa shape index (κ2) is 5.19. The standard InChI is InChI=1S/C14H20N4O/c1-10-14(12-4-3-7-19-12)17-13(16-10)8-11-9-18(2)6-5-15-11/h3-4,7,11,15H,5-6,8-9H2,1-2H3,(H,16,17). The molecule has 0 aromatic carbocycles. The zero-order valence-electron chi connectivity index (χ0n) is 11.4. The molecule has 3 rings (SSSR count). The van der Waals surface area contributed by atoms with E-state index in [1.165, 1.54) is 0 Å². The van der Waals surface area contributed by atoms with Gasteiger partial charge in [-0.15, -0.1) is 0 Å². The van der Waals surface area contributed by atoms with Gasteiger partial charge in [0.25, 0.3) is 0 Å². The van der Waals surface area contributed by atoms with E-state index in [4.69, 9.17) is 4.42 Å². The maximum absolute atomic E-state index is 5.41. The number of aryl methyl sites for hydroxylation is 1. The molecule has 1 unspecified atom stereocenters. The minimum absolute atomic E-state index is 0.466. The predicted octanol–water partition coefficient (Wildman–Crippen LogP) is 1.42. The smallest absolute Gasteiger partial charge is 0.154 e. The van der Waals surface area contributed by atoms with Crippen molar-refractivity contribution in [1.82, 2.24) is 20.2 Å². The van der Waals surface area contributed by atoms with E-state index < -0.39 is 0 Å². The first-order valence-corrected chi connectivity index (χ1v) is 6.73. The number of piperazine rings is 1. The van der Waals surface area contributed by atoms with Crippen molar-refractivity contribution < 1.29 is 4.42 Å². The van der Waals surface area contributed by atoms with Crippen LogP contribution in [-0.2, 0) is 6.42 Å². The zero-order chi connectivity index (χ0) is 13.2. The van der Waals surface area contributed by atoms with Crippen LogP contribution in [-0.4, -0.2) is 47.6 Å². The molecule has 2 aromatic heterocycles. The summed E-state index contributed by atoms with van der Waals surface area (Å²) in [5.74, 6) is 1.85. The van der Waals surface area contributed by atoms with Crippen molar-refractivity contribution in [3.05, 3.63) is 29.9 Å². The van der Waals surface area contributed by atoms with Crippen molar-refractivity contribution in [3.8, 4) is 11.5 Å². The largest absolute Gasteiger partial charge is 0.463 e. The number of aromatic amines is 1. The lowest BCUT2D eigenvalue weighted by Crippen LogP contribution is -2.50. The summed E-state index contributed by atoms with van der Waals surface area (Å²) in [6.45, 7) is 5.27. The van der Waals surface area contributed by atoms with E-state index in [1.807, 2.05) is 19.1 Å². The van der Waals surface area contributed by atoms with Crippen LogP contribution in [0.25, 0.3) is 11.5 Å². The second-order valence-electron chi connectivity index (χ2n) is 5.25. The van der Waals surface area contributed by atoms with Crippen LogP contribution in [0.2, 0.25) is 0 Å². The van der Waals surface area contributed by atoms with E-state index in [1.54, 1.807) is 6.26 Å². The molecular formula is C14H20N4O. The van der Waals surface area contributed by atoms with E-state index in [2.05, 4.69) is 27.2 Å². The van der Waals surface area contributed by atoms with Crippen molar-refractivity contribution in [2.24, 2.45) is 0 Å². The van der Waals surface area contributed by atoms with Gasteiger partial charge in [-0.05, 0) is 26.1 Å². The molecule has 1 atom stereocenters. The molecular weight excluding hydrogens is 240 g/mol. The highest BCUT2D eigenvalue weighted by molar-refractivity contribution is 5.55. The van der Waals surface area contributed by atoms with Gasteiger partial charge in [-0.3, -0.25) is 0 Å². The molecule has 0 saturated carbocycles. The quantitative estimate of drug-likeness (QED) is 0.876. The predicted molar refractivity (Wildman–Crippen MR) is 74.0 cm³/mol. The van der Waals surface area contributed by atoms with Crippen molar-refractivity contribution in [2.75, 3.05) is 26.7 Å². The maximum atomic E-state index is 5.41. The summed E-state index contributed by atoms with van der Waals surface area (Å²) in [6, 6.07) is 4.30. The fraction of sp³-hybridized carbons (Fsp3) is 0.500. The third-order valence-electron chi connectivity index (χ3n) is 3.59. The van der Waals surface area contributed by atoms with E-state index in [9.17, 15) is 0 Å². The molecule has 2 N–H and O–H groups in total. The van der Waals surface area contributed by atoms with Crippen molar-refractivity contribution in [3.63, 3.8) is 0 Å². The van der Waals surface area contributed by atoms with Gasteiger partial charge in [0.1, 0.15) is 11.5 Å². The van der Waals surface area contributed by atoms with Gasteiger partial charge in [0.15, 0.2) is 5.76 Å². The van der Waals surface area contributed by atoms with Gasteiger partial charge >= 0.3 is 0 Å². The molecule has 0 aliphatic carbocycles. The number of rotatable bonds is 3. The molecule has 2 aromatic rings. The highest BCUT2D eigenvalue weighted by Gasteiger charge is 2.19. The molecule has 19 heavy (non-hydrogen) atoms. The topological polar surface area (TPSA) is 57.1 Å². The lowest BCUT2D eigenvalue weighted by atomic mass is 10.1. The van der Waals surface area contributed by atoms with Crippen LogP contribution in [0.5, 0.6) is 0 Å². The Labute approximate surface area is 113 Å². The summed E-state index contributed by atoms with van der Waals surface area (Å²) < 4.78 is 5.41. The van der Waals surface area contributed by atoms with Crippen molar-refractivity contribution >= 4 is 0 Å². The lowest BCUT2D eigenvalue weighted by molar-refractivity contribution is 0.236. The zero-order valence-corrected chi connectivity index (χ0v) is 11.4. The molecule has 1 saturated heterocycles. The average Bonchev–Trinajstić information content (AvgIpc) is 2.98. The third kappa shape index (κ3) is 2.72. The van der Waals surface area contributed by atoms with Gasteiger partial charge in [-0.1, -0.05) is 0 Å². The van der Waals surface area contributed by atoms with Gasteiger partial charge in [-0.2, -0.15) is 0 Å². The van der Waals surface area contributed by atoms with Crippen LogP contribution in [0.4, 0.5) is 0 Å². The minimum atomic E-state index is 0.466. The molecule has 3 heterocycles. The number of imidazole rings is 1. The van der Waals surface area contributed by atoms with Gasteiger partial charge in [0, 0.05) is 37.8 Å². The Balaban J connectivity index is 1.74. The Morgan fingerprint density at radius 3 is 3.16 bits per heavy atom. The van der Waals surface area contributed by atoms with E-state index in [0.717, 1.165) is 49.0 Å². The Morgan fingerprint density at radius 1 is 1.53 bits per heavy atom. The Hall–Kier alpha value is -1.59. The summed E-state index contributed by atoms with van der Waals surface area (Å²) in [4.78, 5) is 10.4. The van der Waals surface area contributed by atoms with Crippen LogP contribution in [0.3, 0.4) is 0 Å². The number of likely N-dealkylation sites (N-methyl/N-ethyl adjacent to an activating group) is 1. The summed E-state index contributed by atoms with van der Waals surface area (Å²) in [6.07, 6.45) is 2.60. The normalized spacial score (nSPS) is 20.8. The average molecular weight is 260 g/mol. The third-order valence-corrected chi connectivity index (χ3v) is 3.59. The van der Waals surface area contributed by atoms with Gasteiger partial charge in [0.05, 0.1) is 6.26 Å². The minimum Gasteiger partial charge on any atom is -0.463 e. The molecule has 0 amide bonds. The Kier molecular flexibility index (Phi) is 3.40. The summed E-state index contributed by atoms with van der Waals surface area (Å²) in [7, 11) is 2.16. The second-order valence-corrected chi connectivity index (χ2v) is 5.25. The van der Waals surface area contributed by atoms with Crippen molar-refractivity contribution in [1.29, 1.82) is 0 Å². The van der Waals surface area contributed by atoms with E-state index in [-0.39, 0.29) is 0 Å². The van der Waals surface area contributed by atoms with Crippen LogP contribution in [0, 0.1) is 6.92 Å². The SMILES string of the molecule is Cc1[nH]c(CC2CN(C)CCN2)nc1-c1ccco1. The Morgan fingerprint density at radius 2 is 2.42 bits per heavy atom. The van der Waals surface area contributed by atoms with Gasteiger partial charge in [-0.25, -0.2) is 4.98 Å². The number of nitrogens with zero attached hydrogens (tertiary/aromatic N) is 2. The molecule has 0 bridgehead atoms. The fourth-order valence-corrected chi connectivity index (χ4v) is 2.63. The molecule has 1 fully saturated rings. The highest BCUT2D eigenvalue weighted by Crippen LogP contribution is 2.21. The molecule has 0 spiro atoms. The Bertz CT molecular complexity index is 532. The number of hydrogen-bond acceptors (Lipinski definition) is 4. The van der Waals surface area contributed by atoms with Gasteiger partial charge in [0.2, 0.25) is 0 Å². The van der Waals surface area contributed by atoms with Gasteiger partial charge < -0.3 is 19.6 Å². The van der Waals surface area contributed by atoms with Crippen LogP contribution in [0.1, 0.15) is 11.5 Å². The number of H-pyrrole nitrogens is 1. The van der Waals surface area contributed by atoms with Crippen molar-refractivity contribution in [2.45, 2.75) is 19.4 Å². The molecule has 5 nitrogen and oxygen atoms in total. The summed E-state index contributed by atoms with van der Waals surface area (Å²) >= 11 is 0. The molecule has 1 aliphatic rings. The molecule has 0 radical (unpaired) electrons. The first-order valence-electron chi connectivity index (χ1n) is 6.73. The van der Waals surface area contributed by atoms with E-state index >= 15 is 0 Å². The lowest BCUT2D eigenvalue weighted by Gasteiger charge is -2.30. The number of nitrogens with one attached hydrogen (secondary N) is 2. The summed E-state index contributed by atoms with van der Waals surface area (Å²) in [5.41, 5.74) is 1.98. The monoisotopic (exact) mass is 260 g/mol. The number of hydrogen-bond donors (Lipinski definition) is 2.